The topological polar surface area (TPSA) is 224 Å². The number of amides is 4. The minimum absolute atomic E-state index is 0.000828. The molecule has 16 heteroatoms. The summed E-state index contributed by atoms with van der Waals surface area (Å²) in [4.78, 5) is 104. The normalized spacial score (nSPS) is 15.5. The Hall–Kier alpha value is -5.48. The third-order valence-electron chi connectivity index (χ3n) is 9.26. The lowest BCUT2D eigenvalue weighted by Gasteiger charge is -2.33. The van der Waals surface area contributed by atoms with Crippen molar-refractivity contribution in [2.24, 2.45) is 0 Å². The molecule has 2 aliphatic rings. The number of carbonyl (C=O) groups excluding carboxylic acids is 4. The Balaban J connectivity index is 1.50. The van der Waals surface area contributed by atoms with Crippen LogP contribution in [0.25, 0.3) is 43.1 Å². The SMILES string of the molecule is O=C(O)CCC(C(=O)O)N1C(=O)c2ccc3c4c(Br)cc5c6c(ccc(c7c(Br)cc(c2c37)C1=O)c64)C(=O)N(C(CCC(=O)O)C(=O)O)C5=O. The zero-order valence-corrected chi connectivity index (χ0v) is 28.3. The number of hydrogen-bond donors (Lipinski definition) is 4. The molecule has 2 atom stereocenters. The molecule has 0 spiro atoms. The van der Waals surface area contributed by atoms with Gasteiger partial charge < -0.3 is 20.4 Å². The molecular weight excluding hydrogens is 788 g/mol. The quantitative estimate of drug-likeness (QED) is 0.0823. The van der Waals surface area contributed by atoms with Gasteiger partial charge >= 0.3 is 23.9 Å². The number of nitrogens with zero attached hydrogens (tertiary/aromatic N) is 2. The van der Waals surface area contributed by atoms with Crippen molar-refractivity contribution in [3.05, 3.63) is 67.6 Å². The maximum Gasteiger partial charge on any atom is 0.326 e. The molecule has 4 amide bonds. The van der Waals surface area contributed by atoms with Crippen molar-refractivity contribution in [1.82, 2.24) is 9.80 Å². The standard InChI is InChI=1S/C34H20Br2N2O12/c35-17-9-16-24-14(30(44)38(32(16)46)20(34(49)50)6-8-22(41)42)4-2-12-26-18(36)10-15-23-13(3-1-11(27(23)26)25(17)28(12)24)29(43)37(31(15)45)19(33(47)48)5-7-21(39)40/h1-4,9-10,19-20H,5-8H2,(H,39,40)(H,41,42)(H,47,48)(H,49,50). The fraction of sp³-hybridized carbons (Fsp3) is 0.176. The smallest absolute Gasteiger partial charge is 0.326 e. The van der Waals surface area contributed by atoms with Crippen LogP contribution < -0.4 is 0 Å². The average molecular weight is 808 g/mol. The highest BCUT2D eigenvalue weighted by molar-refractivity contribution is 9.11. The number of fused-ring (bicyclic) bond motifs is 2. The van der Waals surface area contributed by atoms with Crippen LogP contribution >= 0.6 is 31.9 Å². The van der Waals surface area contributed by atoms with E-state index in [0.717, 1.165) is 0 Å². The van der Waals surface area contributed by atoms with Gasteiger partial charge in [-0.05, 0) is 47.9 Å². The van der Waals surface area contributed by atoms with E-state index in [1.807, 2.05) is 0 Å². The molecule has 7 rings (SSSR count). The predicted octanol–water partition coefficient (Wildman–Crippen LogP) is 5.09. The monoisotopic (exact) mass is 806 g/mol. The third kappa shape index (κ3) is 4.58. The molecule has 252 valence electrons. The molecule has 2 unspecified atom stereocenters. The van der Waals surface area contributed by atoms with E-state index in [2.05, 4.69) is 31.9 Å². The molecule has 0 fully saturated rings. The van der Waals surface area contributed by atoms with E-state index in [4.69, 9.17) is 10.2 Å². The Morgan fingerprint density at radius 3 is 1.18 bits per heavy atom. The highest BCUT2D eigenvalue weighted by atomic mass is 79.9. The van der Waals surface area contributed by atoms with E-state index in [0.29, 0.717) is 51.1 Å². The van der Waals surface area contributed by atoms with Gasteiger partial charge in [0.1, 0.15) is 12.1 Å². The molecule has 5 aromatic rings. The number of rotatable bonds is 10. The van der Waals surface area contributed by atoms with Crippen molar-refractivity contribution in [2.75, 3.05) is 0 Å². The zero-order valence-electron chi connectivity index (χ0n) is 25.2. The summed E-state index contributed by atoms with van der Waals surface area (Å²) in [5.41, 5.74) is 0.0311. The van der Waals surface area contributed by atoms with Crippen molar-refractivity contribution < 1.29 is 58.8 Å². The zero-order chi connectivity index (χ0) is 36.1. The highest BCUT2D eigenvalue weighted by Crippen LogP contribution is 2.50. The van der Waals surface area contributed by atoms with Crippen molar-refractivity contribution in [1.29, 1.82) is 0 Å². The third-order valence-corrected chi connectivity index (χ3v) is 10.5. The summed E-state index contributed by atoms with van der Waals surface area (Å²) in [6, 6.07) is 5.45. The van der Waals surface area contributed by atoms with Gasteiger partial charge in [0.25, 0.3) is 23.6 Å². The molecule has 0 saturated heterocycles. The second-order valence-corrected chi connectivity index (χ2v) is 13.6. The molecule has 50 heavy (non-hydrogen) atoms. The first kappa shape index (κ1) is 33.0. The van der Waals surface area contributed by atoms with Crippen LogP contribution in [0.2, 0.25) is 0 Å². The number of carboxylic acids is 4. The lowest BCUT2D eigenvalue weighted by Crippen LogP contribution is -2.50. The number of hydrogen-bond acceptors (Lipinski definition) is 8. The van der Waals surface area contributed by atoms with E-state index >= 15 is 0 Å². The van der Waals surface area contributed by atoms with Gasteiger partial charge in [0.15, 0.2) is 0 Å². The van der Waals surface area contributed by atoms with E-state index in [1.165, 1.54) is 24.3 Å². The van der Waals surface area contributed by atoms with Gasteiger partial charge in [-0.3, -0.25) is 38.6 Å². The van der Waals surface area contributed by atoms with Gasteiger partial charge in [0.05, 0.1) is 0 Å². The second-order valence-electron chi connectivity index (χ2n) is 11.9. The van der Waals surface area contributed by atoms with E-state index in [9.17, 15) is 48.6 Å². The van der Waals surface area contributed by atoms with Crippen LogP contribution in [0.4, 0.5) is 0 Å². The maximum absolute atomic E-state index is 13.9. The van der Waals surface area contributed by atoms with E-state index in [1.54, 1.807) is 12.1 Å². The first-order valence-electron chi connectivity index (χ1n) is 14.9. The summed E-state index contributed by atoms with van der Waals surface area (Å²) in [7, 11) is 0. The molecule has 0 aromatic heterocycles. The van der Waals surface area contributed by atoms with E-state index in [-0.39, 0.29) is 33.0 Å². The Labute approximate surface area is 295 Å². The van der Waals surface area contributed by atoms with Crippen LogP contribution in [0, 0.1) is 0 Å². The Morgan fingerprint density at radius 2 is 0.860 bits per heavy atom. The lowest BCUT2D eigenvalue weighted by molar-refractivity contribution is -0.144. The van der Waals surface area contributed by atoms with Crippen LogP contribution in [-0.4, -0.2) is 89.8 Å². The molecule has 0 radical (unpaired) electrons. The predicted molar refractivity (Wildman–Crippen MR) is 181 cm³/mol. The van der Waals surface area contributed by atoms with Gasteiger partial charge in [-0.15, -0.1) is 0 Å². The van der Waals surface area contributed by atoms with Gasteiger partial charge in [0, 0.05) is 76.4 Å². The average Bonchev–Trinajstić information content (AvgIpc) is 3.04. The summed E-state index contributed by atoms with van der Waals surface area (Å²) in [5.74, 6) is -9.36. The Morgan fingerprint density at radius 1 is 0.520 bits per heavy atom. The fourth-order valence-corrected chi connectivity index (χ4v) is 8.50. The van der Waals surface area contributed by atoms with Crippen molar-refractivity contribution in [2.45, 2.75) is 37.8 Å². The molecule has 5 aromatic carbocycles. The van der Waals surface area contributed by atoms with Crippen LogP contribution in [0.5, 0.6) is 0 Å². The summed E-state index contributed by atoms with van der Waals surface area (Å²) in [5, 5.41) is 41.5. The minimum Gasteiger partial charge on any atom is -0.481 e. The maximum atomic E-state index is 13.9. The summed E-state index contributed by atoms with van der Waals surface area (Å²) < 4.78 is 0.714. The van der Waals surface area contributed by atoms with Crippen LogP contribution in [-0.2, 0) is 19.2 Å². The van der Waals surface area contributed by atoms with E-state index < -0.39 is 85.3 Å². The van der Waals surface area contributed by atoms with Gasteiger partial charge in [-0.2, -0.15) is 0 Å². The molecule has 0 saturated carbocycles. The van der Waals surface area contributed by atoms with Crippen molar-refractivity contribution in [3.63, 3.8) is 0 Å². The molecular formula is C34H20Br2N2O12. The lowest BCUT2D eigenvalue weighted by atomic mass is 9.81. The summed E-state index contributed by atoms with van der Waals surface area (Å²) >= 11 is 7.10. The second kappa shape index (κ2) is 11.6. The fourth-order valence-electron chi connectivity index (χ4n) is 7.22. The Bertz CT molecular complexity index is 2320. The number of benzene rings is 5. The highest BCUT2D eigenvalue weighted by Gasteiger charge is 2.44. The number of carboxylic acid groups (broad SMARTS) is 4. The molecule has 2 heterocycles. The van der Waals surface area contributed by atoms with Gasteiger partial charge in [-0.25, -0.2) is 9.59 Å². The van der Waals surface area contributed by atoms with Crippen LogP contribution in [0.15, 0.2) is 45.3 Å². The first-order valence-corrected chi connectivity index (χ1v) is 16.5. The molecule has 2 aliphatic heterocycles. The summed E-state index contributed by atoms with van der Waals surface area (Å²) in [6.07, 6.45) is -2.21. The largest absolute Gasteiger partial charge is 0.481 e. The number of aliphatic carboxylic acids is 4. The van der Waals surface area contributed by atoms with Crippen molar-refractivity contribution >= 4 is 122 Å². The number of imide groups is 2. The Kier molecular flexibility index (Phi) is 7.63. The van der Waals surface area contributed by atoms with Crippen LogP contribution in [0.1, 0.15) is 67.1 Å². The molecule has 4 N–H and O–H groups in total. The number of halogens is 2. The van der Waals surface area contributed by atoms with Gasteiger partial charge in [-0.1, -0.05) is 44.0 Å². The minimum atomic E-state index is -1.74. The molecule has 0 bridgehead atoms. The molecule has 0 aliphatic carbocycles. The first-order chi connectivity index (χ1) is 23.6. The van der Waals surface area contributed by atoms with Crippen molar-refractivity contribution in [3.8, 4) is 0 Å². The van der Waals surface area contributed by atoms with Gasteiger partial charge in [0.2, 0.25) is 0 Å². The molecule has 14 nitrogen and oxygen atoms in total. The number of carbonyl (C=O) groups is 8. The summed E-state index contributed by atoms with van der Waals surface area (Å²) in [6.45, 7) is 0. The van der Waals surface area contributed by atoms with Crippen LogP contribution in [0.3, 0.4) is 0 Å².